The molecule has 0 saturated carbocycles. The van der Waals surface area contributed by atoms with Gasteiger partial charge < -0.3 is 0 Å². The van der Waals surface area contributed by atoms with Crippen molar-refractivity contribution in [3.63, 3.8) is 0 Å². The largest absolute Gasteiger partial charge is 0.206 e. The Morgan fingerprint density at radius 2 is 2.23 bits per heavy atom. The predicted octanol–water partition coefficient (Wildman–Crippen LogP) is 2.12. The summed E-state index contributed by atoms with van der Waals surface area (Å²) in [5.41, 5.74) is 0.794. The van der Waals surface area contributed by atoms with E-state index in [9.17, 15) is 0 Å². The maximum absolute atomic E-state index is 6.06. The highest BCUT2D eigenvalue weighted by molar-refractivity contribution is 14.1. The van der Waals surface area contributed by atoms with Crippen molar-refractivity contribution in [2.75, 3.05) is 0 Å². The molecule has 1 aromatic heterocycles. The number of benzene rings is 1. The van der Waals surface area contributed by atoms with Crippen molar-refractivity contribution in [3.8, 4) is 11.4 Å². The smallest absolute Gasteiger partial charge is 0.177 e. The van der Waals surface area contributed by atoms with Gasteiger partial charge >= 0.3 is 0 Å². The van der Waals surface area contributed by atoms with Crippen LogP contribution >= 0.6 is 34.2 Å². The molecule has 1 aromatic carbocycles. The van der Waals surface area contributed by atoms with Crippen LogP contribution in [0.25, 0.3) is 11.4 Å². The molecule has 2 aromatic rings. The highest BCUT2D eigenvalue weighted by atomic mass is 127. The topological polar surface area (TPSA) is 54.5 Å². The summed E-state index contributed by atoms with van der Waals surface area (Å²) in [5.74, 6) is 0.517. The molecule has 0 aliphatic rings. The van der Waals surface area contributed by atoms with Crippen LogP contribution in [0.3, 0.4) is 0 Å². The molecule has 0 aliphatic carbocycles. The van der Waals surface area contributed by atoms with Crippen LogP contribution in [0.1, 0.15) is 0 Å². The lowest BCUT2D eigenvalue weighted by molar-refractivity contribution is 0.881. The van der Waals surface area contributed by atoms with Gasteiger partial charge in [0.05, 0.1) is 5.02 Å². The van der Waals surface area contributed by atoms with Crippen LogP contribution in [0.2, 0.25) is 5.02 Å². The van der Waals surface area contributed by atoms with Gasteiger partial charge in [0.2, 0.25) is 5.82 Å². The standard InChI is InChI=1S/C7H4ClIN4/c8-6-4(2-1-3-5(6)9)7-10-12-13-11-7/h1-3H,(H,10,11,12,13). The second-order valence-electron chi connectivity index (χ2n) is 2.34. The molecule has 0 saturated heterocycles. The minimum Gasteiger partial charge on any atom is -0.177 e. The van der Waals surface area contributed by atoms with Gasteiger partial charge in [-0.2, -0.15) is 5.21 Å². The molecular weight excluding hydrogens is 302 g/mol. The second-order valence-corrected chi connectivity index (χ2v) is 3.88. The molecule has 0 bridgehead atoms. The third-order valence-corrected chi connectivity index (χ3v) is 3.16. The molecule has 13 heavy (non-hydrogen) atoms. The first-order valence-electron chi connectivity index (χ1n) is 3.47. The third kappa shape index (κ3) is 1.66. The Hall–Kier alpha value is -0.690. The van der Waals surface area contributed by atoms with Crippen molar-refractivity contribution in [1.82, 2.24) is 20.6 Å². The SMILES string of the molecule is Clc1c(I)cccc1-c1nn[nH]n1. The van der Waals surface area contributed by atoms with Gasteiger partial charge in [-0.1, -0.05) is 17.7 Å². The molecule has 0 amide bonds. The fourth-order valence-corrected chi connectivity index (χ4v) is 1.66. The van der Waals surface area contributed by atoms with E-state index in [1.165, 1.54) is 0 Å². The fraction of sp³-hybridized carbons (Fsp3) is 0. The van der Waals surface area contributed by atoms with Gasteiger partial charge in [-0.05, 0) is 39.9 Å². The molecule has 0 fully saturated rings. The maximum Gasteiger partial charge on any atom is 0.206 e. The minimum atomic E-state index is 0.517. The molecule has 0 atom stereocenters. The van der Waals surface area contributed by atoms with Crippen LogP contribution in [-0.4, -0.2) is 20.6 Å². The number of aromatic amines is 1. The van der Waals surface area contributed by atoms with E-state index in [0.717, 1.165) is 9.13 Å². The summed E-state index contributed by atoms with van der Waals surface area (Å²) in [4.78, 5) is 0. The lowest BCUT2D eigenvalue weighted by Crippen LogP contribution is -1.84. The Morgan fingerprint density at radius 1 is 1.38 bits per heavy atom. The van der Waals surface area contributed by atoms with E-state index in [1.54, 1.807) is 0 Å². The molecule has 0 spiro atoms. The zero-order chi connectivity index (χ0) is 9.26. The lowest BCUT2D eigenvalue weighted by Gasteiger charge is -1.99. The lowest BCUT2D eigenvalue weighted by atomic mass is 10.2. The summed E-state index contributed by atoms with van der Waals surface area (Å²) < 4.78 is 0.974. The highest BCUT2D eigenvalue weighted by Gasteiger charge is 2.09. The van der Waals surface area contributed by atoms with Gasteiger partial charge in [0.25, 0.3) is 0 Å². The van der Waals surface area contributed by atoms with Gasteiger partial charge in [0.15, 0.2) is 0 Å². The Balaban J connectivity index is 2.59. The van der Waals surface area contributed by atoms with Crippen LogP contribution in [0.5, 0.6) is 0 Å². The molecule has 66 valence electrons. The monoisotopic (exact) mass is 306 g/mol. The molecule has 0 aliphatic heterocycles. The van der Waals surface area contributed by atoms with E-state index in [2.05, 4.69) is 43.2 Å². The fourth-order valence-electron chi connectivity index (χ4n) is 0.952. The first kappa shape index (κ1) is 8.89. The number of nitrogens with one attached hydrogen (secondary N) is 1. The van der Waals surface area contributed by atoms with Crippen LogP contribution in [0, 0.1) is 3.57 Å². The Labute approximate surface area is 92.8 Å². The van der Waals surface area contributed by atoms with Crippen LogP contribution in [0.4, 0.5) is 0 Å². The minimum absolute atomic E-state index is 0.517. The summed E-state index contributed by atoms with van der Waals surface area (Å²) in [6, 6.07) is 5.68. The van der Waals surface area contributed by atoms with Crippen LogP contribution in [-0.2, 0) is 0 Å². The Kier molecular flexibility index (Phi) is 2.45. The number of nitrogens with zero attached hydrogens (tertiary/aromatic N) is 3. The third-order valence-electron chi connectivity index (χ3n) is 1.54. The van der Waals surface area contributed by atoms with Gasteiger partial charge in [-0.25, -0.2) is 0 Å². The molecule has 4 nitrogen and oxygen atoms in total. The molecule has 1 heterocycles. The second kappa shape index (κ2) is 3.59. The van der Waals surface area contributed by atoms with Gasteiger partial charge in [0.1, 0.15) is 0 Å². The molecule has 0 radical (unpaired) electrons. The quantitative estimate of drug-likeness (QED) is 0.821. The molecule has 2 rings (SSSR count). The summed E-state index contributed by atoms with van der Waals surface area (Å²) in [7, 11) is 0. The van der Waals surface area contributed by atoms with Crippen molar-refractivity contribution in [2.24, 2.45) is 0 Å². The summed E-state index contributed by atoms with van der Waals surface area (Å²) in [6.07, 6.45) is 0. The summed E-state index contributed by atoms with van der Waals surface area (Å²) in [6.45, 7) is 0. The van der Waals surface area contributed by atoms with Gasteiger partial charge in [-0.15, -0.1) is 10.2 Å². The average Bonchev–Trinajstić information content (AvgIpc) is 2.62. The average molecular weight is 306 g/mol. The Morgan fingerprint density at radius 3 is 2.92 bits per heavy atom. The molecule has 6 heteroatoms. The number of tetrazole rings is 1. The van der Waals surface area contributed by atoms with Crippen molar-refractivity contribution in [1.29, 1.82) is 0 Å². The maximum atomic E-state index is 6.06. The normalized spacial score (nSPS) is 10.3. The molecule has 0 unspecified atom stereocenters. The van der Waals surface area contributed by atoms with Gasteiger partial charge in [0, 0.05) is 9.13 Å². The van der Waals surface area contributed by atoms with Crippen molar-refractivity contribution >= 4 is 34.2 Å². The van der Waals surface area contributed by atoms with Crippen molar-refractivity contribution in [2.45, 2.75) is 0 Å². The zero-order valence-corrected chi connectivity index (χ0v) is 9.24. The number of aromatic nitrogens is 4. The summed E-state index contributed by atoms with van der Waals surface area (Å²) >= 11 is 8.21. The van der Waals surface area contributed by atoms with Crippen molar-refractivity contribution in [3.05, 3.63) is 26.8 Å². The number of halogens is 2. The first-order valence-corrected chi connectivity index (χ1v) is 4.92. The first-order chi connectivity index (χ1) is 6.29. The van der Waals surface area contributed by atoms with E-state index in [-0.39, 0.29) is 0 Å². The number of rotatable bonds is 1. The molecular formula is C7H4ClIN4. The predicted molar refractivity (Wildman–Crippen MR) is 57.3 cm³/mol. The summed E-state index contributed by atoms with van der Waals surface area (Å²) in [5, 5.41) is 14.2. The van der Waals surface area contributed by atoms with Crippen molar-refractivity contribution < 1.29 is 0 Å². The van der Waals surface area contributed by atoms with Crippen LogP contribution in [0.15, 0.2) is 18.2 Å². The van der Waals surface area contributed by atoms with E-state index in [0.29, 0.717) is 10.8 Å². The zero-order valence-electron chi connectivity index (χ0n) is 6.33. The molecule has 1 N–H and O–H groups in total. The van der Waals surface area contributed by atoms with E-state index < -0.39 is 0 Å². The van der Waals surface area contributed by atoms with E-state index >= 15 is 0 Å². The van der Waals surface area contributed by atoms with Crippen LogP contribution < -0.4 is 0 Å². The Bertz CT molecular complexity index is 414. The van der Waals surface area contributed by atoms with E-state index in [1.807, 2.05) is 18.2 Å². The number of H-pyrrole nitrogens is 1. The van der Waals surface area contributed by atoms with E-state index in [4.69, 9.17) is 11.6 Å². The van der Waals surface area contributed by atoms with Gasteiger partial charge in [-0.3, -0.25) is 0 Å². The number of hydrogen-bond donors (Lipinski definition) is 1. The number of hydrogen-bond acceptors (Lipinski definition) is 3. The highest BCUT2D eigenvalue weighted by Crippen LogP contribution is 2.28.